The van der Waals surface area contributed by atoms with Crippen molar-refractivity contribution in [2.75, 3.05) is 5.32 Å². The van der Waals surface area contributed by atoms with Gasteiger partial charge in [-0.2, -0.15) is 5.10 Å². The van der Waals surface area contributed by atoms with E-state index in [0.29, 0.717) is 6.54 Å². The highest BCUT2D eigenvalue weighted by Gasteiger charge is 2.11. The molecular weight excluding hydrogens is 330 g/mol. The van der Waals surface area contributed by atoms with Crippen molar-refractivity contribution in [3.05, 3.63) is 57.9 Å². The van der Waals surface area contributed by atoms with Gasteiger partial charge in [0.15, 0.2) is 5.76 Å². The second kappa shape index (κ2) is 5.77. The van der Waals surface area contributed by atoms with Crippen LogP contribution in [0.5, 0.6) is 0 Å². The number of benzene rings is 1. The Kier molecular flexibility index (Phi) is 3.84. The number of rotatable bonds is 4. The number of halogens is 1. The molecule has 0 unspecified atom stereocenters. The Morgan fingerprint density at radius 3 is 2.81 bits per heavy atom. The second-order valence-electron chi connectivity index (χ2n) is 5.02. The molecule has 0 bridgehead atoms. The van der Waals surface area contributed by atoms with Crippen LogP contribution in [0.2, 0.25) is 0 Å². The Hall–Kier alpha value is -2.01. The van der Waals surface area contributed by atoms with Crippen molar-refractivity contribution in [1.82, 2.24) is 10.2 Å². The average molecular weight is 346 g/mol. The fourth-order valence-corrected chi connectivity index (χ4v) is 2.81. The summed E-state index contributed by atoms with van der Waals surface area (Å²) in [4.78, 5) is 0. The zero-order valence-electron chi connectivity index (χ0n) is 11.9. The lowest BCUT2D eigenvalue weighted by Crippen LogP contribution is -2.00. The van der Waals surface area contributed by atoms with Crippen molar-refractivity contribution < 1.29 is 4.42 Å². The van der Waals surface area contributed by atoms with Crippen molar-refractivity contribution in [3.63, 3.8) is 0 Å². The van der Waals surface area contributed by atoms with Gasteiger partial charge in [-0.15, -0.1) is 0 Å². The number of anilines is 1. The summed E-state index contributed by atoms with van der Waals surface area (Å²) < 4.78 is 6.71. The van der Waals surface area contributed by atoms with E-state index >= 15 is 0 Å². The van der Waals surface area contributed by atoms with Crippen LogP contribution in [-0.2, 0) is 6.54 Å². The van der Waals surface area contributed by atoms with Gasteiger partial charge >= 0.3 is 0 Å². The molecule has 0 aliphatic rings. The van der Waals surface area contributed by atoms with Gasteiger partial charge in [-0.05, 0) is 59.6 Å². The maximum Gasteiger partial charge on any atom is 0.152 e. The molecular formula is C16H16BrN3O. The molecule has 4 nitrogen and oxygen atoms in total. The van der Waals surface area contributed by atoms with Gasteiger partial charge in [0.2, 0.25) is 0 Å². The molecule has 2 N–H and O–H groups in total. The van der Waals surface area contributed by atoms with Gasteiger partial charge in [0.25, 0.3) is 0 Å². The Morgan fingerprint density at radius 2 is 2.10 bits per heavy atom. The molecule has 2 heterocycles. The van der Waals surface area contributed by atoms with Crippen LogP contribution in [0.4, 0.5) is 5.69 Å². The minimum absolute atomic E-state index is 0.674. The average Bonchev–Trinajstić information content (AvgIpc) is 3.06. The van der Waals surface area contributed by atoms with Crippen molar-refractivity contribution in [3.8, 4) is 11.5 Å². The van der Waals surface area contributed by atoms with E-state index in [1.165, 1.54) is 5.56 Å². The minimum Gasteiger partial charge on any atom is -0.460 e. The van der Waals surface area contributed by atoms with Crippen molar-refractivity contribution in [2.45, 2.75) is 20.4 Å². The van der Waals surface area contributed by atoms with Crippen LogP contribution in [0.1, 0.15) is 16.9 Å². The second-order valence-corrected chi connectivity index (χ2v) is 5.87. The zero-order valence-corrected chi connectivity index (χ0v) is 13.5. The maximum atomic E-state index is 5.65. The standard InChI is InChI=1S/C16H16BrN3O/c1-10-3-5-14(13(17)7-10)18-8-12-9-19-20-16(12)15-6-4-11(2)21-15/h3-7,9,18H,8H2,1-2H3,(H,19,20). The molecule has 0 aliphatic carbocycles. The van der Waals surface area contributed by atoms with Crippen molar-refractivity contribution in [2.24, 2.45) is 0 Å². The first-order valence-corrected chi connectivity index (χ1v) is 7.52. The van der Waals surface area contributed by atoms with Crippen molar-refractivity contribution >= 4 is 21.6 Å². The van der Waals surface area contributed by atoms with E-state index in [0.717, 1.165) is 32.9 Å². The van der Waals surface area contributed by atoms with E-state index in [-0.39, 0.29) is 0 Å². The molecule has 0 spiro atoms. The van der Waals surface area contributed by atoms with Gasteiger partial charge < -0.3 is 9.73 Å². The summed E-state index contributed by atoms with van der Waals surface area (Å²) in [5.74, 6) is 1.70. The van der Waals surface area contributed by atoms with E-state index in [1.807, 2.05) is 25.3 Å². The van der Waals surface area contributed by atoms with E-state index in [4.69, 9.17) is 4.42 Å². The summed E-state index contributed by atoms with van der Waals surface area (Å²) in [6, 6.07) is 10.1. The summed E-state index contributed by atoms with van der Waals surface area (Å²) in [7, 11) is 0. The number of hydrogen-bond acceptors (Lipinski definition) is 3. The number of furan rings is 1. The van der Waals surface area contributed by atoms with Crippen LogP contribution >= 0.6 is 15.9 Å². The Morgan fingerprint density at radius 1 is 1.24 bits per heavy atom. The van der Waals surface area contributed by atoms with E-state index < -0.39 is 0 Å². The first-order chi connectivity index (χ1) is 10.1. The number of hydrogen-bond donors (Lipinski definition) is 2. The molecule has 0 amide bonds. The molecule has 0 aliphatic heterocycles. The fraction of sp³-hybridized carbons (Fsp3) is 0.188. The molecule has 2 aromatic heterocycles. The molecule has 21 heavy (non-hydrogen) atoms. The molecule has 108 valence electrons. The fourth-order valence-electron chi connectivity index (χ4n) is 2.18. The van der Waals surface area contributed by atoms with Gasteiger partial charge in [0, 0.05) is 22.3 Å². The highest BCUT2D eigenvalue weighted by atomic mass is 79.9. The summed E-state index contributed by atoms with van der Waals surface area (Å²) >= 11 is 3.57. The van der Waals surface area contributed by atoms with E-state index in [1.54, 1.807) is 0 Å². The predicted octanol–water partition coefficient (Wildman–Crippen LogP) is 4.66. The van der Waals surface area contributed by atoms with Crippen LogP contribution in [0, 0.1) is 13.8 Å². The van der Waals surface area contributed by atoms with Crippen molar-refractivity contribution in [1.29, 1.82) is 0 Å². The summed E-state index contributed by atoms with van der Waals surface area (Å²) in [6.45, 7) is 4.68. The van der Waals surface area contributed by atoms with Gasteiger partial charge in [-0.1, -0.05) is 6.07 Å². The van der Waals surface area contributed by atoms with E-state index in [9.17, 15) is 0 Å². The predicted molar refractivity (Wildman–Crippen MR) is 87.2 cm³/mol. The van der Waals surface area contributed by atoms with Crippen LogP contribution in [0.3, 0.4) is 0 Å². The van der Waals surface area contributed by atoms with Crippen LogP contribution in [0.25, 0.3) is 11.5 Å². The third-order valence-electron chi connectivity index (χ3n) is 3.30. The highest BCUT2D eigenvalue weighted by molar-refractivity contribution is 9.10. The number of nitrogens with zero attached hydrogens (tertiary/aromatic N) is 1. The minimum atomic E-state index is 0.674. The molecule has 0 atom stereocenters. The number of H-pyrrole nitrogens is 1. The molecule has 1 aromatic carbocycles. The lowest BCUT2D eigenvalue weighted by atomic mass is 10.2. The number of nitrogens with one attached hydrogen (secondary N) is 2. The lowest BCUT2D eigenvalue weighted by Gasteiger charge is -2.09. The molecule has 0 saturated heterocycles. The van der Waals surface area contributed by atoms with Crippen LogP contribution in [-0.4, -0.2) is 10.2 Å². The largest absolute Gasteiger partial charge is 0.460 e. The third kappa shape index (κ3) is 3.03. The number of aromatic amines is 1. The molecule has 0 fully saturated rings. The molecule has 0 radical (unpaired) electrons. The maximum absolute atomic E-state index is 5.65. The summed E-state index contributed by atoms with van der Waals surface area (Å²) in [6.07, 6.45) is 1.82. The normalized spacial score (nSPS) is 10.8. The first kappa shape index (κ1) is 13.9. The van der Waals surface area contributed by atoms with Gasteiger partial charge in [0.05, 0.1) is 6.20 Å². The van der Waals surface area contributed by atoms with E-state index in [2.05, 4.69) is 56.6 Å². The zero-order chi connectivity index (χ0) is 14.8. The highest BCUT2D eigenvalue weighted by Crippen LogP contribution is 2.26. The SMILES string of the molecule is Cc1ccc(NCc2cn[nH]c2-c2ccc(C)o2)c(Br)c1. The summed E-state index contributed by atoms with van der Waals surface area (Å²) in [5, 5.41) is 10.5. The Labute approximate surface area is 131 Å². The first-order valence-electron chi connectivity index (χ1n) is 6.72. The monoisotopic (exact) mass is 345 g/mol. The van der Waals surface area contributed by atoms with Gasteiger partial charge in [0.1, 0.15) is 11.5 Å². The molecule has 5 heteroatoms. The smallest absolute Gasteiger partial charge is 0.152 e. The van der Waals surface area contributed by atoms with Crippen LogP contribution in [0.15, 0.2) is 45.4 Å². The molecule has 3 rings (SSSR count). The van der Waals surface area contributed by atoms with Crippen LogP contribution < -0.4 is 5.32 Å². The van der Waals surface area contributed by atoms with Gasteiger partial charge in [-0.3, -0.25) is 5.10 Å². The number of aromatic nitrogens is 2. The molecule has 3 aromatic rings. The molecule has 0 saturated carbocycles. The quantitative estimate of drug-likeness (QED) is 0.722. The van der Waals surface area contributed by atoms with Gasteiger partial charge in [-0.25, -0.2) is 0 Å². The Bertz CT molecular complexity index is 760. The summed E-state index contributed by atoms with van der Waals surface area (Å²) in [5.41, 5.74) is 4.27. The third-order valence-corrected chi connectivity index (χ3v) is 3.95. The number of aryl methyl sites for hydroxylation is 2. The lowest BCUT2D eigenvalue weighted by molar-refractivity contribution is 0.545. The topological polar surface area (TPSA) is 53.9 Å². The Balaban J connectivity index is 1.79.